The molecule has 0 saturated heterocycles. The summed E-state index contributed by atoms with van der Waals surface area (Å²) in [6.45, 7) is 0. The first kappa shape index (κ1) is 15.5. The van der Waals surface area contributed by atoms with Crippen LogP contribution in [-0.2, 0) is 0 Å². The van der Waals surface area contributed by atoms with Crippen LogP contribution in [0.5, 0.6) is 0 Å². The van der Waals surface area contributed by atoms with Crippen LogP contribution in [0, 0.1) is 17.7 Å². The van der Waals surface area contributed by atoms with Crippen LogP contribution in [0.4, 0.5) is 4.39 Å². The molecule has 4 nitrogen and oxygen atoms in total. The number of hydrogen-bond acceptors (Lipinski definition) is 4. The molecule has 0 atom stereocenters. The van der Waals surface area contributed by atoms with Crippen LogP contribution in [0.15, 0.2) is 47.1 Å². The Balaban J connectivity index is 1.50. The monoisotopic (exact) mass is 333 g/mol. The summed E-state index contributed by atoms with van der Waals surface area (Å²) in [5.74, 6) is 7.20. The first-order chi connectivity index (χ1) is 12.3. The number of rotatable bonds is 2. The maximum absolute atomic E-state index is 13.1. The van der Waals surface area contributed by atoms with Gasteiger partial charge in [-0.25, -0.2) is 9.37 Å². The van der Waals surface area contributed by atoms with E-state index in [0.717, 1.165) is 24.3 Å². The van der Waals surface area contributed by atoms with Crippen LogP contribution in [0.3, 0.4) is 0 Å². The van der Waals surface area contributed by atoms with Crippen LogP contribution in [-0.4, -0.2) is 15.1 Å². The molecule has 5 heteroatoms. The minimum atomic E-state index is -0.301. The molecule has 1 aliphatic carbocycles. The summed E-state index contributed by atoms with van der Waals surface area (Å²) in [4.78, 5) is 8.81. The highest BCUT2D eigenvalue weighted by Gasteiger charge is 2.23. The molecular weight excluding hydrogens is 317 g/mol. The number of aromatic nitrogens is 3. The Bertz CT molecular complexity index is 931. The van der Waals surface area contributed by atoms with Gasteiger partial charge in [0.15, 0.2) is 0 Å². The Kier molecular flexibility index (Phi) is 4.26. The van der Waals surface area contributed by atoms with Crippen LogP contribution < -0.4 is 0 Å². The zero-order valence-electron chi connectivity index (χ0n) is 13.6. The predicted octanol–water partition coefficient (Wildman–Crippen LogP) is 4.33. The minimum absolute atomic E-state index is 0.301. The minimum Gasteiger partial charge on any atom is -0.339 e. The zero-order valence-corrected chi connectivity index (χ0v) is 13.6. The lowest BCUT2D eigenvalue weighted by molar-refractivity contribution is 0.354. The van der Waals surface area contributed by atoms with E-state index in [2.05, 4.69) is 27.0 Å². The van der Waals surface area contributed by atoms with E-state index in [0.29, 0.717) is 23.0 Å². The molecule has 0 amide bonds. The summed E-state index contributed by atoms with van der Waals surface area (Å²) < 4.78 is 18.5. The molecule has 1 fully saturated rings. The molecule has 1 aliphatic rings. The van der Waals surface area contributed by atoms with Crippen molar-refractivity contribution in [2.45, 2.75) is 31.6 Å². The molecule has 0 unspecified atom stereocenters. The van der Waals surface area contributed by atoms with Crippen molar-refractivity contribution in [3.63, 3.8) is 0 Å². The third kappa shape index (κ3) is 3.58. The maximum Gasteiger partial charge on any atom is 0.230 e. The highest BCUT2D eigenvalue weighted by atomic mass is 19.1. The van der Waals surface area contributed by atoms with E-state index >= 15 is 0 Å². The van der Waals surface area contributed by atoms with Crippen molar-refractivity contribution in [2.75, 3.05) is 0 Å². The van der Waals surface area contributed by atoms with Gasteiger partial charge >= 0.3 is 0 Å². The Morgan fingerprint density at radius 3 is 2.72 bits per heavy atom. The van der Waals surface area contributed by atoms with Gasteiger partial charge in [0.2, 0.25) is 11.7 Å². The average molecular weight is 333 g/mol. The lowest BCUT2D eigenvalue weighted by atomic mass is 10.1. The molecular formula is C20H16FN3O. The first-order valence-electron chi connectivity index (χ1n) is 8.35. The van der Waals surface area contributed by atoms with E-state index in [1.807, 2.05) is 6.07 Å². The summed E-state index contributed by atoms with van der Waals surface area (Å²) in [6, 6.07) is 9.84. The zero-order chi connectivity index (χ0) is 17.1. The summed E-state index contributed by atoms with van der Waals surface area (Å²) >= 11 is 0. The third-order valence-electron chi connectivity index (χ3n) is 4.33. The molecule has 1 saturated carbocycles. The Labute approximate surface area is 145 Å². The molecule has 1 aromatic carbocycles. The van der Waals surface area contributed by atoms with E-state index < -0.39 is 0 Å². The van der Waals surface area contributed by atoms with Crippen molar-refractivity contribution < 1.29 is 8.91 Å². The van der Waals surface area contributed by atoms with E-state index in [1.54, 1.807) is 24.4 Å². The molecule has 0 spiro atoms. The molecule has 0 N–H and O–H groups in total. The topological polar surface area (TPSA) is 51.8 Å². The van der Waals surface area contributed by atoms with E-state index in [9.17, 15) is 4.39 Å². The lowest BCUT2D eigenvalue weighted by Gasteiger charge is -1.99. The molecule has 0 bridgehead atoms. The number of halogens is 1. The van der Waals surface area contributed by atoms with Gasteiger partial charge in [-0.05, 0) is 49.1 Å². The second-order valence-electron chi connectivity index (χ2n) is 6.13. The molecule has 0 aliphatic heterocycles. The van der Waals surface area contributed by atoms with Gasteiger partial charge in [0.1, 0.15) is 11.5 Å². The van der Waals surface area contributed by atoms with E-state index in [1.165, 1.54) is 25.0 Å². The predicted molar refractivity (Wildman–Crippen MR) is 91.1 cm³/mol. The van der Waals surface area contributed by atoms with Gasteiger partial charge in [0, 0.05) is 23.2 Å². The highest BCUT2D eigenvalue weighted by Crippen LogP contribution is 2.33. The Morgan fingerprint density at radius 2 is 1.96 bits per heavy atom. The van der Waals surface area contributed by atoms with Gasteiger partial charge < -0.3 is 4.52 Å². The lowest BCUT2D eigenvalue weighted by Crippen LogP contribution is -1.92. The van der Waals surface area contributed by atoms with Crippen LogP contribution in [0.2, 0.25) is 0 Å². The molecule has 124 valence electrons. The summed E-state index contributed by atoms with van der Waals surface area (Å²) in [7, 11) is 0. The molecule has 25 heavy (non-hydrogen) atoms. The number of pyridine rings is 1. The number of hydrogen-bond donors (Lipinski definition) is 0. The standard InChI is InChI=1S/C20H16FN3O/c21-17-7-3-4-14(12-17)8-10-18-11-9-16(13-22-18)19-23-20(25-24-19)15-5-1-2-6-15/h3-4,7,9,11-13,15H,1-2,5-6H2. The highest BCUT2D eigenvalue weighted by molar-refractivity contribution is 5.54. The average Bonchev–Trinajstić information content (AvgIpc) is 3.32. The second-order valence-corrected chi connectivity index (χ2v) is 6.13. The fourth-order valence-electron chi connectivity index (χ4n) is 2.99. The first-order valence-corrected chi connectivity index (χ1v) is 8.35. The van der Waals surface area contributed by atoms with Gasteiger partial charge in [0.25, 0.3) is 0 Å². The smallest absolute Gasteiger partial charge is 0.230 e. The van der Waals surface area contributed by atoms with Crippen LogP contribution in [0.1, 0.15) is 48.7 Å². The van der Waals surface area contributed by atoms with Crippen molar-refractivity contribution in [1.82, 2.24) is 15.1 Å². The summed E-state index contributed by atoms with van der Waals surface area (Å²) in [6.07, 6.45) is 6.37. The fraction of sp³-hybridized carbons (Fsp3) is 0.250. The SMILES string of the molecule is Fc1cccc(C#Cc2ccc(-c3noc(C4CCCC4)n3)cn2)c1. The molecule has 2 heterocycles. The third-order valence-corrected chi connectivity index (χ3v) is 4.33. The van der Waals surface area contributed by atoms with Gasteiger partial charge in [-0.1, -0.05) is 30.0 Å². The molecule has 4 rings (SSSR count). The van der Waals surface area contributed by atoms with Gasteiger partial charge in [0.05, 0.1) is 0 Å². The van der Waals surface area contributed by atoms with Crippen molar-refractivity contribution in [3.8, 4) is 23.2 Å². The fourth-order valence-corrected chi connectivity index (χ4v) is 2.99. The van der Waals surface area contributed by atoms with Crippen LogP contribution >= 0.6 is 0 Å². The van der Waals surface area contributed by atoms with Gasteiger partial charge in [-0.3, -0.25) is 0 Å². The molecule has 2 aromatic heterocycles. The van der Waals surface area contributed by atoms with Crippen molar-refractivity contribution in [2.24, 2.45) is 0 Å². The second kappa shape index (κ2) is 6.86. The molecule has 0 radical (unpaired) electrons. The van der Waals surface area contributed by atoms with Crippen molar-refractivity contribution in [1.29, 1.82) is 0 Å². The Hall–Kier alpha value is -3.00. The Morgan fingerprint density at radius 1 is 1.08 bits per heavy atom. The number of benzene rings is 1. The van der Waals surface area contributed by atoms with Crippen LogP contribution in [0.25, 0.3) is 11.4 Å². The van der Waals surface area contributed by atoms with Gasteiger partial charge in [-0.2, -0.15) is 4.98 Å². The quantitative estimate of drug-likeness (QED) is 0.655. The van der Waals surface area contributed by atoms with E-state index in [-0.39, 0.29) is 5.82 Å². The summed E-state index contributed by atoms with van der Waals surface area (Å²) in [5, 5.41) is 4.06. The van der Waals surface area contributed by atoms with Gasteiger partial charge in [-0.15, -0.1) is 0 Å². The normalized spacial score (nSPS) is 14.3. The summed E-state index contributed by atoms with van der Waals surface area (Å²) in [5.41, 5.74) is 2.02. The largest absolute Gasteiger partial charge is 0.339 e. The van der Waals surface area contributed by atoms with E-state index in [4.69, 9.17) is 4.52 Å². The molecule has 3 aromatic rings. The maximum atomic E-state index is 13.1. The number of nitrogens with zero attached hydrogens (tertiary/aromatic N) is 3. The van der Waals surface area contributed by atoms with Crippen molar-refractivity contribution >= 4 is 0 Å². The van der Waals surface area contributed by atoms with Crippen molar-refractivity contribution in [3.05, 3.63) is 65.6 Å².